The van der Waals surface area contributed by atoms with Crippen LogP contribution in [0.5, 0.6) is 5.75 Å². The van der Waals surface area contributed by atoms with Gasteiger partial charge in [0.15, 0.2) is 5.96 Å². The van der Waals surface area contributed by atoms with Gasteiger partial charge in [0.1, 0.15) is 11.4 Å². The molecule has 144 valence electrons. The Hall–Kier alpha value is -1.32. The number of hydrogen-bond acceptors (Lipinski definition) is 4. The molecule has 5 nitrogen and oxygen atoms in total. The smallest absolute Gasteiger partial charge is 0.191 e. The molecule has 26 heavy (non-hydrogen) atoms. The summed E-state index contributed by atoms with van der Waals surface area (Å²) >= 11 is 1.54. The van der Waals surface area contributed by atoms with Crippen LogP contribution < -0.4 is 15.4 Å². The molecule has 0 fully saturated rings. The van der Waals surface area contributed by atoms with E-state index < -0.39 is 5.60 Å². The number of aliphatic hydroxyl groups is 1. The van der Waals surface area contributed by atoms with E-state index in [2.05, 4.69) is 21.7 Å². The lowest BCUT2D eigenvalue weighted by Gasteiger charge is -2.20. The number of hydrogen-bond donors (Lipinski definition) is 3. The maximum absolute atomic E-state index is 10.6. The number of thiophene rings is 1. The van der Waals surface area contributed by atoms with Crippen LogP contribution in [0.15, 0.2) is 46.8 Å². The molecule has 0 saturated heterocycles. The number of guanidine groups is 1. The van der Waals surface area contributed by atoms with Crippen LogP contribution in [0.25, 0.3) is 0 Å². The summed E-state index contributed by atoms with van der Waals surface area (Å²) in [5, 5.41) is 19.1. The van der Waals surface area contributed by atoms with Crippen LogP contribution in [0.3, 0.4) is 0 Å². The Bertz CT molecular complexity index is 675. The van der Waals surface area contributed by atoms with Crippen LogP contribution in [0, 0.1) is 0 Å². The maximum Gasteiger partial charge on any atom is 0.191 e. The van der Waals surface area contributed by atoms with Crippen LogP contribution in [0.4, 0.5) is 0 Å². The third kappa shape index (κ3) is 7.13. The molecule has 1 aromatic carbocycles. The summed E-state index contributed by atoms with van der Waals surface area (Å²) in [4.78, 5) is 5.45. The second-order valence-corrected chi connectivity index (χ2v) is 6.92. The normalized spacial score (nSPS) is 13.5. The first-order valence-corrected chi connectivity index (χ1v) is 9.34. The Morgan fingerprint density at radius 1 is 1.27 bits per heavy atom. The number of ether oxygens (including phenoxy) is 1. The molecule has 1 unspecified atom stereocenters. The largest absolute Gasteiger partial charge is 0.497 e. The average molecular weight is 489 g/mol. The molecule has 2 aromatic rings. The molecule has 2 rings (SSSR count). The average Bonchev–Trinajstić information content (AvgIpc) is 3.15. The fraction of sp³-hybridized carbons (Fsp3) is 0.421. The van der Waals surface area contributed by atoms with Crippen molar-refractivity contribution >= 4 is 41.3 Å². The Labute approximate surface area is 176 Å². The highest BCUT2D eigenvalue weighted by molar-refractivity contribution is 14.0. The van der Waals surface area contributed by atoms with Crippen LogP contribution in [0.2, 0.25) is 0 Å². The van der Waals surface area contributed by atoms with E-state index in [1.54, 1.807) is 25.4 Å². The van der Waals surface area contributed by atoms with Crippen molar-refractivity contribution in [2.75, 3.05) is 26.7 Å². The summed E-state index contributed by atoms with van der Waals surface area (Å²) in [6, 6.07) is 11.9. The molecule has 1 aromatic heterocycles. The van der Waals surface area contributed by atoms with Crippen molar-refractivity contribution in [2.45, 2.75) is 25.9 Å². The van der Waals surface area contributed by atoms with Crippen molar-refractivity contribution < 1.29 is 9.84 Å². The van der Waals surface area contributed by atoms with E-state index >= 15 is 0 Å². The lowest BCUT2D eigenvalue weighted by atomic mass is 10.1. The highest BCUT2D eigenvalue weighted by atomic mass is 127. The predicted octanol–water partition coefficient (Wildman–Crippen LogP) is 3.38. The van der Waals surface area contributed by atoms with Crippen molar-refractivity contribution in [3.8, 4) is 5.75 Å². The number of aliphatic imine (C=N–C) groups is 1. The standard InChI is InChI=1S/C19H27N3O2S.HI/c1-4-20-18(22-14-19(2,23)17-9-6-12-25-17)21-11-10-15-7-5-8-16(13-15)24-3;/h5-9,12-13,23H,4,10-11,14H2,1-3H3,(H2,20,21,22);1H. The lowest BCUT2D eigenvalue weighted by Crippen LogP contribution is -2.39. The van der Waals surface area contributed by atoms with Gasteiger partial charge in [0.2, 0.25) is 0 Å². The fourth-order valence-electron chi connectivity index (χ4n) is 2.39. The summed E-state index contributed by atoms with van der Waals surface area (Å²) in [6.07, 6.45) is 0.864. The monoisotopic (exact) mass is 489 g/mol. The van der Waals surface area contributed by atoms with Gasteiger partial charge in [-0.05, 0) is 49.4 Å². The number of nitrogens with one attached hydrogen (secondary N) is 2. The number of nitrogens with zero attached hydrogens (tertiary/aromatic N) is 1. The van der Waals surface area contributed by atoms with Crippen LogP contribution in [-0.2, 0) is 12.0 Å². The minimum atomic E-state index is -0.955. The van der Waals surface area contributed by atoms with E-state index in [1.807, 2.05) is 42.6 Å². The van der Waals surface area contributed by atoms with Crippen LogP contribution in [0.1, 0.15) is 24.3 Å². The topological polar surface area (TPSA) is 65.9 Å². The number of halogens is 1. The fourth-order valence-corrected chi connectivity index (χ4v) is 3.17. The summed E-state index contributed by atoms with van der Waals surface area (Å²) < 4.78 is 5.25. The third-order valence-electron chi connectivity index (χ3n) is 3.78. The molecule has 0 saturated carbocycles. The third-order valence-corrected chi connectivity index (χ3v) is 4.90. The van der Waals surface area contributed by atoms with Crippen molar-refractivity contribution in [1.29, 1.82) is 0 Å². The Balaban J connectivity index is 0.00000338. The molecule has 0 aliphatic rings. The first-order valence-electron chi connectivity index (χ1n) is 8.46. The molecule has 0 aliphatic heterocycles. The second-order valence-electron chi connectivity index (χ2n) is 5.97. The van der Waals surface area contributed by atoms with Gasteiger partial charge >= 0.3 is 0 Å². The molecule has 1 atom stereocenters. The molecule has 0 amide bonds. The second kappa shape index (κ2) is 11.4. The molecule has 0 bridgehead atoms. The van der Waals surface area contributed by atoms with Crippen LogP contribution in [-0.4, -0.2) is 37.8 Å². The molecule has 0 aliphatic carbocycles. The zero-order valence-corrected chi connectivity index (χ0v) is 18.6. The zero-order valence-electron chi connectivity index (χ0n) is 15.5. The Morgan fingerprint density at radius 3 is 2.73 bits per heavy atom. The summed E-state index contributed by atoms with van der Waals surface area (Å²) in [7, 11) is 1.67. The van der Waals surface area contributed by atoms with Crippen molar-refractivity contribution in [3.63, 3.8) is 0 Å². The number of rotatable bonds is 8. The van der Waals surface area contributed by atoms with Crippen molar-refractivity contribution in [2.24, 2.45) is 4.99 Å². The van der Waals surface area contributed by atoms with E-state index in [4.69, 9.17) is 4.74 Å². The first kappa shape index (κ1) is 22.7. The van der Waals surface area contributed by atoms with Crippen molar-refractivity contribution in [3.05, 3.63) is 52.2 Å². The van der Waals surface area contributed by atoms with Gasteiger partial charge in [-0.1, -0.05) is 18.2 Å². The van der Waals surface area contributed by atoms with Gasteiger partial charge < -0.3 is 20.5 Å². The first-order chi connectivity index (χ1) is 12.0. The summed E-state index contributed by atoms with van der Waals surface area (Å²) in [5.41, 5.74) is 0.247. The van der Waals surface area contributed by atoms with Gasteiger partial charge in [-0.25, -0.2) is 4.99 Å². The van der Waals surface area contributed by atoms with Crippen molar-refractivity contribution in [1.82, 2.24) is 10.6 Å². The summed E-state index contributed by atoms with van der Waals surface area (Å²) in [6.45, 7) is 5.65. The predicted molar refractivity (Wildman–Crippen MR) is 120 cm³/mol. The zero-order chi connectivity index (χ0) is 18.1. The minimum absolute atomic E-state index is 0. The highest BCUT2D eigenvalue weighted by Crippen LogP contribution is 2.25. The van der Waals surface area contributed by atoms with Gasteiger partial charge in [0, 0.05) is 18.0 Å². The Kier molecular flexibility index (Phi) is 9.97. The Morgan fingerprint density at radius 2 is 2.08 bits per heavy atom. The van der Waals surface area contributed by atoms with E-state index in [0.717, 1.165) is 30.1 Å². The van der Waals surface area contributed by atoms with Gasteiger partial charge in [0.05, 0.1) is 13.7 Å². The number of benzene rings is 1. The number of methoxy groups -OCH3 is 1. The molecule has 1 heterocycles. The molecular formula is C19H28IN3O2S. The molecule has 7 heteroatoms. The molecule has 0 radical (unpaired) electrons. The highest BCUT2D eigenvalue weighted by Gasteiger charge is 2.23. The van der Waals surface area contributed by atoms with Gasteiger partial charge in [0.25, 0.3) is 0 Å². The van der Waals surface area contributed by atoms with E-state index in [9.17, 15) is 5.11 Å². The van der Waals surface area contributed by atoms with E-state index in [1.165, 1.54) is 5.56 Å². The van der Waals surface area contributed by atoms with Gasteiger partial charge in [-0.2, -0.15) is 0 Å². The van der Waals surface area contributed by atoms with Gasteiger partial charge in [-0.3, -0.25) is 0 Å². The quantitative estimate of drug-likeness (QED) is 0.302. The maximum atomic E-state index is 10.6. The van der Waals surface area contributed by atoms with E-state index in [-0.39, 0.29) is 24.0 Å². The molecule has 0 spiro atoms. The van der Waals surface area contributed by atoms with Gasteiger partial charge in [-0.15, -0.1) is 35.3 Å². The minimum Gasteiger partial charge on any atom is -0.497 e. The SMILES string of the molecule is CCNC(=NCC(C)(O)c1cccs1)NCCc1cccc(OC)c1.I. The summed E-state index contributed by atoms with van der Waals surface area (Å²) in [5.74, 6) is 1.58. The van der Waals surface area contributed by atoms with Crippen LogP contribution >= 0.6 is 35.3 Å². The van der Waals surface area contributed by atoms with E-state index in [0.29, 0.717) is 12.5 Å². The molecule has 3 N–H and O–H groups in total. The lowest BCUT2D eigenvalue weighted by molar-refractivity contribution is 0.0711. The molecular weight excluding hydrogens is 461 g/mol.